The maximum absolute atomic E-state index is 16.8. The standard InChI is InChI=1S/C38H44FN9O3/c1-9-29(49)46-16-17-47(24(6)20-46)35-25-18-27(39)33(30-22(4)10-11-28-26(30)19-42-44-28)43-36(25)48(34-23(5)12-13-40-32(34)21(2)3)38(51)31(35)37(50)41-14-15-45(7)8/h9-13,18-19,21,24H,1,14-17,20H2,2-8H3,(H,41,50)(H,42,44)/t24-/m0/s1. The van der Waals surface area contributed by atoms with E-state index in [1.165, 1.54) is 16.7 Å². The van der Waals surface area contributed by atoms with Gasteiger partial charge in [-0.15, -0.1) is 0 Å². The molecule has 2 N–H and O–H groups in total. The molecule has 5 heterocycles. The van der Waals surface area contributed by atoms with Gasteiger partial charge in [0, 0.05) is 61.3 Å². The number of aryl methyl sites for hydroxylation is 2. The predicted octanol–water partition coefficient (Wildman–Crippen LogP) is 4.72. The van der Waals surface area contributed by atoms with E-state index < -0.39 is 17.3 Å². The Morgan fingerprint density at radius 1 is 1.14 bits per heavy atom. The van der Waals surface area contributed by atoms with Gasteiger partial charge in [0.2, 0.25) is 5.91 Å². The van der Waals surface area contributed by atoms with Crippen molar-refractivity contribution in [3.05, 3.63) is 87.9 Å². The Balaban J connectivity index is 1.74. The molecular weight excluding hydrogens is 649 g/mol. The highest BCUT2D eigenvalue weighted by molar-refractivity contribution is 6.08. The summed E-state index contributed by atoms with van der Waals surface area (Å²) in [5.74, 6) is -1.51. The Hall–Kier alpha value is -5.43. The zero-order valence-electron chi connectivity index (χ0n) is 30.2. The first-order valence-corrected chi connectivity index (χ1v) is 17.1. The van der Waals surface area contributed by atoms with Gasteiger partial charge in [0.05, 0.1) is 28.8 Å². The molecule has 13 heteroatoms. The SMILES string of the molecule is C=CC(=O)N1CCN(c2c(C(=O)NCCN(C)C)c(=O)n(-c3c(C)ccnc3C(C)C)c3nc(-c4c(C)ccc5[nH]ncc45)c(F)cc23)[C@@H](C)C1. The van der Waals surface area contributed by atoms with Crippen molar-refractivity contribution in [2.45, 2.75) is 46.6 Å². The number of nitrogens with zero attached hydrogens (tertiary/aromatic N) is 7. The van der Waals surface area contributed by atoms with E-state index in [0.717, 1.165) is 11.1 Å². The number of nitrogens with one attached hydrogen (secondary N) is 2. The molecule has 1 aromatic carbocycles. The molecule has 0 saturated carbocycles. The summed E-state index contributed by atoms with van der Waals surface area (Å²) in [6.07, 6.45) is 4.60. The first-order valence-electron chi connectivity index (χ1n) is 17.1. The van der Waals surface area contributed by atoms with E-state index in [2.05, 4.69) is 27.1 Å². The number of aromatic amines is 1. The van der Waals surface area contributed by atoms with Crippen LogP contribution in [0.3, 0.4) is 0 Å². The lowest BCUT2D eigenvalue weighted by Crippen LogP contribution is -2.54. The van der Waals surface area contributed by atoms with Crippen LogP contribution in [0.15, 0.2) is 54.1 Å². The minimum Gasteiger partial charge on any atom is -0.364 e. The number of likely N-dealkylation sites (N-methyl/N-ethyl adjacent to an activating group) is 1. The summed E-state index contributed by atoms with van der Waals surface area (Å²) in [5, 5.41) is 11.1. The monoisotopic (exact) mass is 693 g/mol. The van der Waals surface area contributed by atoms with Crippen LogP contribution in [0.4, 0.5) is 10.1 Å². The molecule has 266 valence electrons. The molecule has 0 spiro atoms. The number of piperazine rings is 1. The fourth-order valence-corrected chi connectivity index (χ4v) is 6.98. The number of rotatable bonds is 9. The lowest BCUT2D eigenvalue weighted by Gasteiger charge is -2.42. The van der Waals surface area contributed by atoms with Crippen LogP contribution < -0.4 is 15.8 Å². The number of fused-ring (bicyclic) bond motifs is 2. The van der Waals surface area contributed by atoms with Crippen LogP contribution in [0.2, 0.25) is 0 Å². The van der Waals surface area contributed by atoms with Gasteiger partial charge in [-0.3, -0.25) is 29.0 Å². The van der Waals surface area contributed by atoms with Crippen LogP contribution in [-0.2, 0) is 4.79 Å². The Labute approximate surface area is 296 Å². The van der Waals surface area contributed by atoms with Crippen molar-refractivity contribution in [1.29, 1.82) is 0 Å². The third-order valence-electron chi connectivity index (χ3n) is 9.54. The number of halogens is 1. The molecule has 1 aliphatic heterocycles. The average molecular weight is 694 g/mol. The Morgan fingerprint density at radius 2 is 1.90 bits per heavy atom. The quantitative estimate of drug-likeness (QED) is 0.212. The van der Waals surface area contributed by atoms with Gasteiger partial charge in [-0.2, -0.15) is 5.10 Å². The van der Waals surface area contributed by atoms with E-state index in [1.54, 1.807) is 17.3 Å². The van der Waals surface area contributed by atoms with Crippen molar-refractivity contribution in [3.63, 3.8) is 0 Å². The van der Waals surface area contributed by atoms with Crippen LogP contribution in [0.5, 0.6) is 0 Å². The highest BCUT2D eigenvalue weighted by Crippen LogP contribution is 2.38. The molecule has 1 fully saturated rings. The molecule has 1 atom stereocenters. The van der Waals surface area contributed by atoms with Crippen LogP contribution in [0, 0.1) is 19.7 Å². The highest BCUT2D eigenvalue weighted by Gasteiger charge is 2.35. The molecule has 2 amide bonds. The molecule has 51 heavy (non-hydrogen) atoms. The molecule has 5 aromatic rings. The molecule has 0 unspecified atom stereocenters. The topological polar surface area (TPSA) is 132 Å². The van der Waals surface area contributed by atoms with E-state index in [4.69, 9.17) is 4.98 Å². The molecule has 1 saturated heterocycles. The summed E-state index contributed by atoms with van der Waals surface area (Å²) >= 11 is 0. The first kappa shape index (κ1) is 35.4. The van der Waals surface area contributed by atoms with E-state index in [1.807, 2.05) is 76.7 Å². The van der Waals surface area contributed by atoms with Gasteiger partial charge in [-0.25, -0.2) is 9.37 Å². The lowest BCUT2D eigenvalue weighted by atomic mass is 9.98. The second kappa shape index (κ2) is 14.1. The number of hydrogen-bond donors (Lipinski definition) is 2. The number of amides is 2. The smallest absolute Gasteiger partial charge is 0.271 e. The molecule has 0 aliphatic carbocycles. The first-order chi connectivity index (χ1) is 24.3. The fraction of sp³-hybridized carbons (Fsp3) is 0.368. The fourth-order valence-electron chi connectivity index (χ4n) is 6.98. The van der Waals surface area contributed by atoms with Gasteiger partial charge < -0.3 is 20.0 Å². The molecule has 4 aromatic heterocycles. The van der Waals surface area contributed by atoms with E-state index >= 15 is 9.18 Å². The Bertz CT molecular complexity index is 2240. The summed E-state index contributed by atoms with van der Waals surface area (Å²) in [5.41, 5.74) is 3.69. The zero-order chi connectivity index (χ0) is 36.7. The Morgan fingerprint density at radius 3 is 2.59 bits per heavy atom. The number of H-pyrrole nitrogens is 1. The molecule has 0 bridgehead atoms. The highest BCUT2D eigenvalue weighted by atomic mass is 19.1. The molecule has 12 nitrogen and oxygen atoms in total. The van der Waals surface area contributed by atoms with Crippen LogP contribution in [-0.4, -0.2) is 99.2 Å². The van der Waals surface area contributed by atoms with Crippen molar-refractivity contribution in [1.82, 2.24) is 39.8 Å². The molecule has 0 radical (unpaired) electrons. The third-order valence-corrected chi connectivity index (χ3v) is 9.54. The number of carbonyl (C=O) groups is 2. The van der Waals surface area contributed by atoms with Crippen LogP contribution in [0.1, 0.15) is 53.9 Å². The number of benzene rings is 1. The summed E-state index contributed by atoms with van der Waals surface area (Å²) in [7, 11) is 3.78. The van der Waals surface area contributed by atoms with Gasteiger partial charge in [-0.05, 0) is 76.2 Å². The van der Waals surface area contributed by atoms with Crippen LogP contribution >= 0.6 is 0 Å². The number of aromatic nitrogens is 5. The number of anilines is 1. The summed E-state index contributed by atoms with van der Waals surface area (Å²) < 4.78 is 18.3. The second-order valence-electron chi connectivity index (χ2n) is 13.7. The minimum absolute atomic E-state index is 0.0522. The normalized spacial score (nSPS) is 15.0. The summed E-state index contributed by atoms with van der Waals surface area (Å²) in [6.45, 7) is 15.0. The minimum atomic E-state index is -0.621. The average Bonchev–Trinajstić information content (AvgIpc) is 3.56. The van der Waals surface area contributed by atoms with E-state index in [9.17, 15) is 9.59 Å². The molecular formula is C38H44FN9O3. The second-order valence-corrected chi connectivity index (χ2v) is 13.7. The summed E-state index contributed by atoms with van der Waals surface area (Å²) in [6, 6.07) is 6.59. The number of hydrogen-bond acceptors (Lipinski definition) is 8. The van der Waals surface area contributed by atoms with Gasteiger partial charge in [0.1, 0.15) is 17.1 Å². The van der Waals surface area contributed by atoms with Crippen molar-refractivity contribution in [3.8, 4) is 16.9 Å². The zero-order valence-corrected chi connectivity index (χ0v) is 30.2. The Kier molecular flexibility index (Phi) is 9.76. The van der Waals surface area contributed by atoms with Crippen molar-refractivity contribution in [2.75, 3.05) is 51.7 Å². The van der Waals surface area contributed by atoms with Crippen molar-refractivity contribution >= 4 is 39.4 Å². The van der Waals surface area contributed by atoms with E-state index in [0.29, 0.717) is 52.9 Å². The maximum atomic E-state index is 16.8. The van der Waals surface area contributed by atoms with Gasteiger partial charge in [0.25, 0.3) is 11.5 Å². The van der Waals surface area contributed by atoms with Gasteiger partial charge in [-0.1, -0.05) is 26.5 Å². The van der Waals surface area contributed by atoms with Gasteiger partial charge >= 0.3 is 0 Å². The number of pyridine rings is 3. The lowest BCUT2D eigenvalue weighted by molar-refractivity contribution is -0.126. The maximum Gasteiger partial charge on any atom is 0.271 e. The van der Waals surface area contributed by atoms with Gasteiger partial charge in [0.15, 0.2) is 5.65 Å². The summed E-state index contributed by atoms with van der Waals surface area (Å²) in [4.78, 5) is 57.3. The number of carbonyl (C=O) groups excluding carboxylic acids is 2. The predicted molar refractivity (Wildman–Crippen MR) is 198 cm³/mol. The molecule has 6 rings (SSSR count). The van der Waals surface area contributed by atoms with Crippen LogP contribution in [0.25, 0.3) is 38.9 Å². The van der Waals surface area contributed by atoms with Crippen molar-refractivity contribution < 1.29 is 14.0 Å². The molecule has 1 aliphatic rings. The largest absolute Gasteiger partial charge is 0.364 e. The van der Waals surface area contributed by atoms with E-state index in [-0.39, 0.29) is 53.5 Å². The van der Waals surface area contributed by atoms with Crippen molar-refractivity contribution in [2.24, 2.45) is 0 Å². The third kappa shape index (κ3) is 6.37.